The summed E-state index contributed by atoms with van der Waals surface area (Å²) in [6, 6.07) is 19.6. The largest absolute Gasteiger partial charge is 0.379 e. The van der Waals surface area contributed by atoms with Crippen LogP contribution in [0.5, 0.6) is 0 Å². The summed E-state index contributed by atoms with van der Waals surface area (Å²) in [7, 11) is 0. The van der Waals surface area contributed by atoms with Crippen molar-refractivity contribution in [1.29, 1.82) is 0 Å². The molecule has 0 saturated carbocycles. The van der Waals surface area contributed by atoms with E-state index in [4.69, 9.17) is 4.74 Å². The van der Waals surface area contributed by atoms with E-state index in [1.807, 2.05) is 72.5 Å². The second-order valence-corrected chi connectivity index (χ2v) is 8.16. The number of imide groups is 1. The molecule has 2 aromatic rings. The maximum atomic E-state index is 13.5. The standard InChI is InChI=1S/C26H31N3O3/c1-2-28(20-21-10-5-3-6-11-21)24-23(22-12-7-4-8-13-22)25(30)29(26(24)31)15-9-14-27-16-18-32-19-17-27/h3-8,10-13H,2,9,14-20H2,1H3. The van der Waals surface area contributed by atoms with E-state index < -0.39 is 0 Å². The molecule has 0 bridgehead atoms. The second-order valence-electron chi connectivity index (χ2n) is 8.16. The third kappa shape index (κ3) is 4.92. The quantitative estimate of drug-likeness (QED) is 0.569. The van der Waals surface area contributed by atoms with E-state index in [2.05, 4.69) is 4.90 Å². The van der Waals surface area contributed by atoms with Gasteiger partial charge in [-0.25, -0.2) is 0 Å². The van der Waals surface area contributed by atoms with E-state index in [1.165, 1.54) is 4.90 Å². The van der Waals surface area contributed by atoms with Crippen LogP contribution in [0.3, 0.4) is 0 Å². The molecule has 1 fully saturated rings. The van der Waals surface area contributed by atoms with Gasteiger partial charge in [-0.2, -0.15) is 0 Å². The van der Waals surface area contributed by atoms with Crippen molar-refractivity contribution in [1.82, 2.24) is 14.7 Å². The second kappa shape index (κ2) is 10.6. The molecule has 0 aromatic heterocycles. The zero-order valence-corrected chi connectivity index (χ0v) is 18.7. The molecule has 0 radical (unpaired) electrons. The Kier molecular flexibility index (Phi) is 7.35. The summed E-state index contributed by atoms with van der Waals surface area (Å²) in [6.45, 7) is 7.84. The number of amides is 2. The first-order valence-electron chi connectivity index (χ1n) is 11.4. The number of carbonyl (C=O) groups excluding carboxylic acids is 2. The van der Waals surface area contributed by atoms with Crippen LogP contribution in [-0.2, 0) is 20.9 Å². The highest BCUT2D eigenvalue weighted by atomic mass is 16.5. The van der Waals surface area contributed by atoms with Gasteiger partial charge in [0, 0.05) is 39.3 Å². The van der Waals surface area contributed by atoms with Crippen molar-refractivity contribution in [3.8, 4) is 0 Å². The van der Waals surface area contributed by atoms with E-state index in [0.717, 1.165) is 50.4 Å². The number of rotatable bonds is 9. The molecular weight excluding hydrogens is 402 g/mol. The summed E-state index contributed by atoms with van der Waals surface area (Å²) in [5.74, 6) is -0.377. The SMILES string of the molecule is CCN(Cc1ccccc1)C1=C(c2ccccc2)C(=O)N(CCCN2CCOCC2)C1=O. The third-order valence-electron chi connectivity index (χ3n) is 6.08. The van der Waals surface area contributed by atoms with Crippen LogP contribution < -0.4 is 0 Å². The van der Waals surface area contributed by atoms with Crippen molar-refractivity contribution < 1.29 is 14.3 Å². The van der Waals surface area contributed by atoms with Crippen LogP contribution in [0.25, 0.3) is 5.57 Å². The molecule has 0 N–H and O–H groups in total. The Labute approximate surface area is 190 Å². The molecule has 2 aliphatic rings. The minimum absolute atomic E-state index is 0.186. The fourth-order valence-corrected chi connectivity index (χ4v) is 4.35. The molecule has 0 atom stereocenters. The van der Waals surface area contributed by atoms with Crippen molar-refractivity contribution in [2.75, 3.05) is 45.9 Å². The lowest BCUT2D eigenvalue weighted by Gasteiger charge is -2.27. The highest BCUT2D eigenvalue weighted by Gasteiger charge is 2.40. The highest BCUT2D eigenvalue weighted by Crippen LogP contribution is 2.32. The van der Waals surface area contributed by atoms with E-state index in [-0.39, 0.29) is 11.8 Å². The number of morpholine rings is 1. The number of hydrogen-bond acceptors (Lipinski definition) is 5. The molecule has 0 unspecified atom stereocenters. The van der Waals surface area contributed by atoms with E-state index in [1.54, 1.807) is 0 Å². The minimum atomic E-state index is -0.190. The first-order valence-corrected chi connectivity index (χ1v) is 11.4. The molecule has 168 valence electrons. The van der Waals surface area contributed by atoms with Crippen LogP contribution in [-0.4, -0.2) is 72.5 Å². The maximum absolute atomic E-state index is 13.5. The van der Waals surface area contributed by atoms with E-state index in [0.29, 0.717) is 30.9 Å². The fraction of sp³-hybridized carbons (Fsp3) is 0.385. The molecule has 2 amide bonds. The Morgan fingerprint density at radius 1 is 0.875 bits per heavy atom. The number of likely N-dealkylation sites (N-methyl/N-ethyl adjacent to an activating group) is 1. The molecule has 4 rings (SSSR count). The summed E-state index contributed by atoms with van der Waals surface area (Å²) < 4.78 is 5.41. The van der Waals surface area contributed by atoms with Crippen molar-refractivity contribution >= 4 is 17.4 Å². The van der Waals surface area contributed by atoms with Gasteiger partial charge in [0.05, 0.1) is 18.8 Å². The fourth-order valence-electron chi connectivity index (χ4n) is 4.35. The van der Waals surface area contributed by atoms with Gasteiger partial charge in [-0.3, -0.25) is 19.4 Å². The van der Waals surface area contributed by atoms with Gasteiger partial charge in [-0.15, -0.1) is 0 Å². The summed E-state index contributed by atoms with van der Waals surface area (Å²) in [4.78, 5) is 32.8. The van der Waals surface area contributed by atoms with Crippen LogP contribution in [0.4, 0.5) is 0 Å². The maximum Gasteiger partial charge on any atom is 0.277 e. The van der Waals surface area contributed by atoms with E-state index in [9.17, 15) is 9.59 Å². The minimum Gasteiger partial charge on any atom is -0.379 e. The first kappa shape index (κ1) is 22.2. The summed E-state index contributed by atoms with van der Waals surface area (Å²) in [5, 5.41) is 0. The number of nitrogens with zero attached hydrogens (tertiary/aromatic N) is 3. The molecule has 2 aliphatic heterocycles. The number of hydrogen-bond donors (Lipinski definition) is 0. The van der Waals surface area contributed by atoms with Gasteiger partial charge in [0.25, 0.3) is 11.8 Å². The van der Waals surface area contributed by atoms with Gasteiger partial charge in [0.1, 0.15) is 5.70 Å². The molecule has 2 aromatic carbocycles. The lowest BCUT2D eigenvalue weighted by atomic mass is 10.0. The average Bonchev–Trinajstić information content (AvgIpc) is 3.09. The van der Waals surface area contributed by atoms with Gasteiger partial charge < -0.3 is 9.64 Å². The van der Waals surface area contributed by atoms with Crippen LogP contribution in [0.2, 0.25) is 0 Å². The smallest absolute Gasteiger partial charge is 0.277 e. The van der Waals surface area contributed by atoms with Crippen LogP contribution in [0, 0.1) is 0 Å². The Balaban J connectivity index is 1.57. The van der Waals surface area contributed by atoms with Crippen molar-refractivity contribution in [2.45, 2.75) is 19.9 Å². The number of benzene rings is 2. The zero-order chi connectivity index (χ0) is 22.3. The Morgan fingerprint density at radius 2 is 1.53 bits per heavy atom. The van der Waals surface area contributed by atoms with Crippen LogP contribution >= 0.6 is 0 Å². The molecular formula is C26H31N3O3. The van der Waals surface area contributed by atoms with Gasteiger partial charge in [-0.1, -0.05) is 60.7 Å². The van der Waals surface area contributed by atoms with Crippen LogP contribution in [0.1, 0.15) is 24.5 Å². The number of ether oxygens (including phenoxy) is 1. The normalized spacial score (nSPS) is 17.3. The summed E-state index contributed by atoms with van der Waals surface area (Å²) in [5.41, 5.74) is 2.93. The lowest BCUT2D eigenvalue weighted by molar-refractivity contribution is -0.137. The van der Waals surface area contributed by atoms with Crippen LogP contribution in [0.15, 0.2) is 66.4 Å². The average molecular weight is 434 g/mol. The van der Waals surface area contributed by atoms with Gasteiger partial charge >= 0.3 is 0 Å². The zero-order valence-electron chi connectivity index (χ0n) is 18.7. The lowest BCUT2D eigenvalue weighted by Crippen LogP contribution is -2.40. The molecule has 0 aliphatic carbocycles. The van der Waals surface area contributed by atoms with Gasteiger partial charge in [0.15, 0.2) is 0 Å². The molecule has 6 heteroatoms. The van der Waals surface area contributed by atoms with Gasteiger partial charge in [0.2, 0.25) is 0 Å². The monoisotopic (exact) mass is 433 g/mol. The number of carbonyl (C=O) groups is 2. The van der Waals surface area contributed by atoms with Crippen molar-refractivity contribution in [3.63, 3.8) is 0 Å². The van der Waals surface area contributed by atoms with E-state index >= 15 is 0 Å². The Morgan fingerprint density at radius 3 is 2.19 bits per heavy atom. The predicted molar refractivity (Wildman–Crippen MR) is 124 cm³/mol. The highest BCUT2D eigenvalue weighted by molar-refractivity contribution is 6.35. The van der Waals surface area contributed by atoms with Crippen molar-refractivity contribution in [3.05, 3.63) is 77.5 Å². The molecule has 1 saturated heterocycles. The Bertz CT molecular complexity index is 953. The molecule has 32 heavy (non-hydrogen) atoms. The first-order chi connectivity index (χ1) is 15.7. The summed E-state index contributed by atoms with van der Waals surface area (Å²) in [6.07, 6.45) is 0.762. The molecule has 2 heterocycles. The summed E-state index contributed by atoms with van der Waals surface area (Å²) >= 11 is 0. The topological polar surface area (TPSA) is 53.1 Å². The van der Waals surface area contributed by atoms with Gasteiger partial charge in [-0.05, 0) is 24.5 Å². The molecule has 0 spiro atoms. The van der Waals surface area contributed by atoms with Crippen molar-refractivity contribution in [2.24, 2.45) is 0 Å². The molecule has 6 nitrogen and oxygen atoms in total. The Hall–Kier alpha value is -2.96. The predicted octanol–water partition coefficient (Wildman–Crippen LogP) is 3.01. The third-order valence-corrected chi connectivity index (χ3v) is 6.08.